The van der Waals surface area contributed by atoms with Gasteiger partial charge >= 0.3 is 6.03 Å². The molecule has 5 aliphatic rings. The number of imide groups is 1. The third kappa shape index (κ3) is 6.30. The lowest BCUT2D eigenvalue weighted by Crippen LogP contribution is -2.54. The summed E-state index contributed by atoms with van der Waals surface area (Å²) in [6.45, 7) is 3.60. The lowest BCUT2D eigenvalue weighted by molar-refractivity contribution is -0.125. The van der Waals surface area contributed by atoms with Crippen molar-refractivity contribution in [3.05, 3.63) is 0 Å². The number of hydrogen-bond donors (Lipinski definition) is 3. The summed E-state index contributed by atoms with van der Waals surface area (Å²) in [5.41, 5.74) is 0. The predicted molar refractivity (Wildman–Crippen MR) is 141 cm³/mol. The monoisotopic (exact) mass is 523 g/mol. The molecule has 0 spiro atoms. The number of rotatable bonds is 4. The molecule has 5 unspecified atom stereocenters. The van der Waals surface area contributed by atoms with Gasteiger partial charge in [-0.2, -0.15) is 0 Å². The van der Waals surface area contributed by atoms with Gasteiger partial charge in [0, 0.05) is 37.0 Å². The normalized spacial score (nSPS) is 34.7. The highest BCUT2D eigenvalue weighted by Gasteiger charge is 2.44. The van der Waals surface area contributed by atoms with Crippen molar-refractivity contribution in [3.8, 4) is 0 Å². The van der Waals surface area contributed by atoms with Gasteiger partial charge < -0.3 is 10.2 Å². The first-order chi connectivity index (χ1) is 17.1. The zero-order valence-corrected chi connectivity index (χ0v) is 22.3. The van der Waals surface area contributed by atoms with Gasteiger partial charge in [-0.15, -0.1) is 23.5 Å². The van der Waals surface area contributed by atoms with Gasteiger partial charge in [0.2, 0.25) is 11.8 Å². The van der Waals surface area contributed by atoms with Crippen molar-refractivity contribution < 1.29 is 14.4 Å². The highest BCUT2D eigenvalue weighted by molar-refractivity contribution is 8.01. The molecule has 4 heterocycles. The van der Waals surface area contributed by atoms with E-state index in [4.69, 9.17) is 0 Å². The summed E-state index contributed by atoms with van der Waals surface area (Å²) >= 11 is 3.37. The van der Waals surface area contributed by atoms with Gasteiger partial charge in [-0.25, -0.2) is 4.79 Å². The topological polar surface area (TPSA) is 93.8 Å². The number of urea groups is 1. The summed E-state index contributed by atoms with van der Waals surface area (Å²) in [5.74, 6) is 0.172. The standard InChI is InChI=1S/C25H41N5O3S2/c31-21(28-25(33)29-12-6-3-7-13-29)18-11-15-34-23(18)27-22(32)24-26-19-16-30(14-10-20(19)35-24)17-8-4-1-2-5-9-17/h17-20,23-24,26H,1-16H2,(H,27,32)(H,28,31,33). The number of carbonyl (C=O) groups excluding carboxylic acids is 3. The molecule has 5 rings (SSSR count). The molecule has 0 aromatic carbocycles. The zero-order valence-electron chi connectivity index (χ0n) is 20.7. The number of fused-ring (bicyclic) bond motifs is 1. The minimum Gasteiger partial charge on any atom is -0.341 e. The van der Waals surface area contributed by atoms with Crippen LogP contribution in [0.2, 0.25) is 0 Å². The van der Waals surface area contributed by atoms with Gasteiger partial charge in [0.25, 0.3) is 0 Å². The maximum absolute atomic E-state index is 13.2. The van der Waals surface area contributed by atoms with Crippen molar-refractivity contribution in [2.75, 3.05) is 31.9 Å². The first-order valence-electron chi connectivity index (χ1n) is 13.8. The van der Waals surface area contributed by atoms with Crippen molar-refractivity contribution >= 4 is 41.4 Å². The fourth-order valence-electron chi connectivity index (χ4n) is 6.37. The highest BCUT2D eigenvalue weighted by atomic mass is 32.2. The molecule has 5 fully saturated rings. The average molecular weight is 524 g/mol. The number of nitrogens with one attached hydrogen (secondary N) is 3. The lowest BCUT2D eigenvalue weighted by atomic mass is 9.99. The van der Waals surface area contributed by atoms with Crippen LogP contribution >= 0.6 is 23.5 Å². The van der Waals surface area contributed by atoms with Gasteiger partial charge in [-0.1, -0.05) is 25.7 Å². The van der Waals surface area contributed by atoms with Gasteiger partial charge in [0.15, 0.2) is 0 Å². The van der Waals surface area contributed by atoms with Crippen LogP contribution in [0.25, 0.3) is 0 Å². The predicted octanol–water partition coefficient (Wildman–Crippen LogP) is 2.73. The summed E-state index contributed by atoms with van der Waals surface area (Å²) in [4.78, 5) is 43.0. The lowest BCUT2D eigenvalue weighted by Gasteiger charge is -2.39. The molecule has 0 aromatic heterocycles. The molecule has 0 radical (unpaired) electrons. The van der Waals surface area contributed by atoms with Crippen LogP contribution in [-0.2, 0) is 9.59 Å². The average Bonchev–Trinajstić information content (AvgIpc) is 3.43. The quantitative estimate of drug-likeness (QED) is 0.488. The Bertz CT molecular complexity index is 772. The van der Waals surface area contributed by atoms with Crippen molar-refractivity contribution in [3.63, 3.8) is 0 Å². The molecular formula is C25H41N5O3S2. The first kappa shape index (κ1) is 25.7. The molecular weight excluding hydrogens is 482 g/mol. The molecule has 35 heavy (non-hydrogen) atoms. The summed E-state index contributed by atoms with van der Waals surface area (Å²) in [6.07, 6.45) is 13.0. The van der Waals surface area contributed by atoms with Crippen LogP contribution in [0, 0.1) is 5.92 Å². The number of amides is 4. The molecule has 1 saturated carbocycles. The van der Waals surface area contributed by atoms with Crippen molar-refractivity contribution in [2.45, 2.75) is 98.7 Å². The summed E-state index contributed by atoms with van der Waals surface area (Å²) in [6, 6.07) is 0.775. The van der Waals surface area contributed by atoms with Crippen LogP contribution in [0.4, 0.5) is 4.79 Å². The molecule has 4 aliphatic heterocycles. The molecule has 10 heteroatoms. The number of thioether (sulfide) groups is 2. The Hall–Kier alpha value is -0.970. The van der Waals surface area contributed by atoms with Gasteiger partial charge in [0.05, 0.1) is 11.3 Å². The van der Waals surface area contributed by atoms with E-state index in [1.807, 2.05) is 0 Å². The summed E-state index contributed by atoms with van der Waals surface area (Å²) in [7, 11) is 0. The van der Waals surface area contributed by atoms with E-state index in [1.165, 1.54) is 38.5 Å². The number of likely N-dealkylation sites (tertiary alicyclic amines) is 2. The van der Waals surface area contributed by atoms with E-state index >= 15 is 0 Å². The maximum Gasteiger partial charge on any atom is 0.324 e. The van der Waals surface area contributed by atoms with Crippen LogP contribution in [-0.4, -0.2) is 87.7 Å². The van der Waals surface area contributed by atoms with E-state index in [0.29, 0.717) is 36.8 Å². The van der Waals surface area contributed by atoms with Crippen LogP contribution in [0.1, 0.15) is 70.6 Å². The smallest absolute Gasteiger partial charge is 0.324 e. The highest BCUT2D eigenvalue weighted by Crippen LogP contribution is 2.36. The molecule has 8 nitrogen and oxygen atoms in total. The van der Waals surface area contributed by atoms with Gasteiger partial charge in [0.1, 0.15) is 5.37 Å². The van der Waals surface area contributed by atoms with E-state index in [-0.39, 0.29) is 34.5 Å². The minimum absolute atomic E-state index is 0.0232. The molecule has 5 atom stereocenters. The molecule has 4 amide bonds. The number of hydrogen-bond acceptors (Lipinski definition) is 7. The SMILES string of the molecule is O=C(NC1SCCC1C(=O)NC(=O)N1CCCCC1)C1NC2CN(C3CCCCCC3)CCC2S1. The largest absolute Gasteiger partial charge is 0.341 e. The third-order valence-corrected chi connectivity index (χ3v) is 11.2. The fraction of sp³-hybridized carbons (Fsp3) is 0.880. The third-order valence-electron chi connectivity index (χ3n) is 8.42. The maximum atomic E-state index is 13.2. The van der Waals surface area contributed by atoms with Crippen LogP contribution in [0.3, 0.4) is 0 Å². The van der Waals surface area contributed by atoms with Crippen LogP contribution in [0.15, 0.2) is 0 Å². The van der Waals surface area contributed by atoms with Crippen molar-refractivity contribution in [1.29, 1.82) is 0 Å². The summed E-state index contributed by atoms with van der Waals surface area (Å²) < 4.78 is 0. The minimum atomic E-state index is -0.364. The number of piperidine rings is 2. The van der Waals surface area contributed by atoms with Crippen molar-refractivity contribution in [1.82, 2.24) is 25.8 Å². The van der Waals surface area contributed by atoms with E-state index in [2.05, 4.69) is 20.9 Å². The van der Waals surface area contributed by atoms with E-state index in [0.717, 1.165) is 44.5 Å². The second-order valence-corrected chi connectivity index (χ2v) is 13.4. The van der Waals surface area contributed by atoms with Gasteiger partial charge in [-0.3, -0.25) is 25.1 Å². The Morgan fingerprint density at radius 3 is 2.34 bits per heavy atom. The van der Waals surface area contributed by atoms with Crippen molar-refractivity contribution in [2.24, 2.45) is 5.92 Å². The Kier molecular flexibility index (Phi) is 8.84. The van der Waals surface area contributed by atoms with E-state index in [9.17, 15) is 14.4 Å². The second kappa shape index (κ2) is 12.0. The molecule has 1 aliphatic carbocycles. The molecule has 0 aromatic rings. The first-order valence-corrected chi connectivity index (χ1v) is 15.7. The molecule has 0 bridgehead atoms. The molecule has 4 saturated heterocycles. The molecule has 3 N–H and O–H groups in total. The Labute approximate surface area is 217 Å². The van der Waals surface area contributed by atoms with Gasteiger partial charge in [-0.05, 0) is 57.2 Å². The number of nitrogens with zero attached hydrogens (tertiary/aromatic N) is 2. The van der Waals surface area contributed by atoms with Crippen LogP contribution < -0.4 is 16.0 Å². The second-order valence-electron chi connectivity index (χ2n) is 10.8. The Morgan fingerprint density at radius 1 is 0.829 bits per heavy atom. The Morgan fingerprint density at radius 2 is 1.57 bits per heavy atom. The summed E-state index contributed by atoms with van der Waals surface area (Å²) in [5, 5.41) is 9.29. The zero-order chi connectivity index (χ0) is 24.2. The van der Waals surface area contributed by atoms with E-state index < -0.39 is 0 Å². The van der Waals surface area contributed by atoms with Crippen LogP contribution in [0.5, 0.6) is 0 Å². The van der Waals surface area contributed by atoms with E-state index in [1.54, 1.807) is 28.4 Å². The fourth-order valence-corrected chi connectivity index (χ4v) is 9.10. The number of carbonyl (C=O) groups is 3. The molecule has 196 valence electrons. The Balaban J connectivity index is 1.10.